The number of thiophene rings is 1. The van der Waals surface area contributed by atoms with Crippen molar-refractivity contribution in [2.24, 2.45) is 0 Å². The van der Waals surface area contributed by atoms with Crippen LogP contribution in [0.1, 0.15) is 39.7 Å². The number of rotatable bonds is 2. The van der Waals surface area contributed by atoms with Gasteiger partial charge in [0, 0.05) is 23.0 Å². The fraction of sp³-hybridized carbons (Fsp3) is 0.261. The lowest BCUT2D eigenvalue weighted by Crippen LogP contribution is -2.35. The third-order valence-electron chi connectivity index (χ3n) is 6.03. The number of carbonyl (C=O) groups is 1. The molecule has 2 aliphatic rings. The van der Waals surface area contributed by atoms with Gasteiger partial charge in [-0.1, -0.05) is 36.4 Å². The highest BCUT2D eigenvalue weighted by Crippen LogP contribution is 2.36. The van der Waals surface area contributed by atoms with Crippen molar-refractivity contribution in [1.29, 1.82) is 0 Å². The largest absolute Gasteiger partial charge is 0.333 e. The first-order chi connectivity index (χ1) is 14.2. The number of aromatic nitrogens is 2. The number of benzene rings is 2. The second-order valence-corrected chi connectivity index (χ2v) is 8.96. The second-order valence-electron chi connectivity index (χ2n) is 7.88. The Morgan fingerprint density at radius 1 is 1.10 bits per heavy atom. The molecule has 0 radical (unpaired) electrons. The number of amides is 1. The molecule has 1 aliphatic carbocycles. The summed E-state index contributed by atoms with van der Waals surface area (Å²) in [7, 11) is 0. The van der Waals surface area contributed by atoms with Gasteiger partial charge in [0.25, 0.3) is 11.5 Å². The van der Waals surface area contributed by atoms with E-state index in [1.807, 2.05) is 47.4 Å². The Bertz CT molecular complexity index is 1340. The maximum atomic E-state index is 13.3. The van der Waals surface area contributed by atoms with Gasteiger partial charge in [-0.05, 0) is 41.7 Å². The van der Waals surface area contributed by atoms with Crippen LogP contribution in [-0.4, -0.2) is 26.9 Å². The molecule has 6 rings (SSSR count). The Morgan fingerprint density at radius 3 is 2.79 bits per heavy atom. The lowest BCUT2D eigenvalue weighted by molar-refractivity contribution is 0.0739. The predicted molar refractivity (Wildman–Crippen MR) is 115 cm³/mol. The molecule has 0 spiro atoms. The molecular formula is C23H19N3O2S. The average molecular weight is 401 g/mol. The van der Waals surface area contributed by atoms with E-state index < -0.39 is 0 Å². The molecule has 144 valence electrons. The van der Waals surface area contributed by atoms with Crippen LogP contribution in [0.3, 0.4) is 0 Å². The van der Waals surface area contributed by atoms with Crippen LogP contribution >= 0.6 is 11.3 Å². The summed E-state index contributed by atoms with van der Waals surface area (Å²) in [5.74, 6) is 0.0493. The van der Waals surface area contributed by atoms with Crippen molar-refractivity contribution in [3.63, 3.8) is 0 Å². The Balaban J connectivity index is 1.38. The molecule has 0 saturated heterocycles. The summed E-state index contributed by atoms with van der Waals surface area (Å²) in [4.78, 5) is 34.6. The minimum Gasteiger partial charge on any atom is -0.333 e. The number of nitrogens with zero attached hydrogens (tertiary/aromatic N) is 3. The van der Waals surface area contributed by atoms with E-state index in [0.717, 1.165) is 49.8 Å². The smallest absolute Gasteiger partial charge is 0.262 e. The Kier molecular flexibility index (Phi) is 3.65. The zero-order valence-corrected chi connectivity index (χ0v) is 16.6. The van der Waals surface area contributed by atoms with Crippen molar-refractivity contribution >= 4 is 38.2 Å². The fourth-order valence-electron chi connectivity index (χ4n) is 4.37. The van der Waals surface area contributed by atoms with Crippen molar-refractivity contribution in [3.8, 4) is 0 Å². The van der Waals surface area contributed by atoms with Gasteiger partial charge in [0.05, 0.1) is 18.3 Å². The molecule has 1 saturated carbocycles. The third kappa shape index (κ3) is 2.63. The highest BCUT2D eigenvalue weighted by Gasteiger charge is 2.30. The standard InChI is InChI=1S/C23H19N3O2S/c27-22(17-7-3-5-14-4-1-2-6-16(14)17)25-11-10-18-19(12-25)29-21-20(18)23(28)26(13-24-21)15-8-9-15/h1-7,13,15H,8-12H2. The van der Waals surface area contributed by atoms with Crippen LogP contribution in [0.15, 0.2) is 53.6 Å². The molecule has 0 atom stereocenters. The summed E-state index contributed by atoms with van der Waals surface area (Å²) in [6, 6.07) is 14.2. The van der Waals surface area contributed by atoms with E-state index in [1.54, 1.807) is 22.2 Å². The molecule has 1 aliphatic heterocycles. The number of carbonyl (C=O) groups excluding carboxylic acids is 1. The van der Waals surface area contributed by atoms with E-state index in [0.29, 0.717) is 25.6 Å². The molecule has 6 heteroatoms. The number of hydrogen-bond acceptors (Lipinski definition) is 4. The monoisotopic (exact) mass is 401 g/mol. The zero-order valence-electron chi connectivity index (χ0n) is 15.8. The second kappa shape index (κ2) is 6.26. The van der Waals surface area contributed by atoms with Gasteiger partial charge in [0.15, 0.2) is 0 Å². The van der Waals surface area contributed by atoms with Gasteiger partial charge < -0.3 is 4.90 Å². The van der Waals surface area contributed by atoms with Crippen molar-refractivity contribution in [2.45, 2.75) is 31.8 Å². The normalized spacial score (nSPS) is 16.3. The van der Waals surface area contributed by atoms with Gasteiger partial charge in [0.2, 0.25) is 0 Å². The summed E-state index contributed by atoms with van der Waals surface area (Å²) in [5, 5.41) is 2.83. The molecule has 0 unspecified atom stereocenters. The summed E-state index contributed by atoms with van der Waals surface area (Å²) >= 11 is 1.56. The minimum atomic E-state index is 0.0493. The summed E-state index contributed by atoms with van der Waals surface area (Å²) < 4.78 is 1.79. The van der Waals surface area contributed by atoms with E-state index in [4.69, 9.17) is 0 Å². The molecule has 29 heavy (non-hydrogen) atoms. The van der Waals surface area contributed by atoms with Crippen LogP contribution in [0.2, 0.25) is 0 Å². The van der Waals surface area contributed by atoms with Gasteiger partial charge >= 0.3 is 0 Å². The van der Waals surface area contributed by atoms with E-state index in [1.165, 1.54) is 0 Å². The van der Waals surface area contributed by atoms with Crippen molar-refractivity contribution in [2.75, 3.05) is 6.54 Å². The van der Waals surface area contributed by atoms with Gasteiger partial charge in [-0.3, -0.25) is 14.2 Å². The van der Waals surface area contributed by atoms with Gasteiger partial charge in [-0.2, -0.15) is 0 Å². The van der Waals surface area contributed by atoms with Gasteiger partial charge in [-0.15, -0.1) is 11.3 Å². The highest BCUT2D eigenvalue weighted by molar-refractivity contribution is 7.18. The summed E-state index contributed by atoms with van der Waals surface area (Å²) in [6.07, 6.45) is 4.53. The van der Waals surface area contributed by atoms with Gasteiger partial charge in [-0.25, -0.2) is 4.98 Å². The molecule has 1 amide bonds. The Hall–Kier alpha value is -2.99. The first-order valence-corrected chi connectivity index (χ1v) is 10.8. The molecule has 2 aromatic heterocycles. The number of fused-ring (bicyclic) bond motifs is 4. The topological polar surface area (TPSA) is 55.2 Å². The van der Waals surface area contributed by atoms with Crippen molar-refractivity contribution in [3.05, 3.63) is 75.1 Å². The molecule has 0 N–H and O–H groups in total. The number of hydrogen-bond donors (Lipinski definition) is 0. The minimum absolute atomic E-state index is 0.0493. The van der Waals surface area contributed by atoms with Crippen molar-refractivity contribution < 1.29 is 4.79 Å². The van der Waals surface area contributed by atoms with E-state index in [2.05, 4.69) is 4.98 Å². The van der Waals surface area contributed by atoms with Crippen molar-refractivity contribution in [1.82, 2.24) is 14.5 Å². The molecule has 0 bridgehead atoms. The van der Waals surface area contributed by atoms with E-state index in [9.17, 15) is 9.59 Å². The first kappa shape index (κ1) is 16.9. The fourth-order valence-corrected chi connectivity index (χ4v) is 5.56. The highest BCUT2D eigenvalue weighted by atomic mass is 32.1. The van der Waals surface area contributed by atoms with E-state index >= 15 is 0 Å². The van der Waals surface area contributed by atoms with Crippen LogP contribution in [0.4, 0.5) is 0 Å². The maximum absolute atomic E-state index is 13.3. The average Bonchev–Trinajstić information content (AvgIpc) is 3.52. The quantitative estimate of drug-likeness (QED) is 0.507. The lowest BCUT2D eigenvalue weighted by Gasteiger charge is -2.27. The molecular weight excluding hydrogens is 382 g/mol. The Morgan fingerprint density at radius 2 is 1.93 bits per heavy atom. The molecule has 2 aromatic carbocycles. The van der Waals surface area contributed by atoms with Crippen LogP contribution in [0.5, 0.6) is 0 Å². The first-order valence-electron chi connectivity index (χ1n) is 9.99. The Labute approximate surface area is 171 Å². The molecule has 1 fully saturated rings. The van der Waals surface area contributed by atoms with Crippen LogP contribution in [-0.2, 0) is 13.0 Å². The third-order valence-corrected chi connectivity index (χ3v) is 7.16. The maximum Gasteiger partial charge on any atom is 0.262 e. The molecule has 4 aromatic rings. The predicted octanol–water partition coefficient (Wildman–Crippen LogP) is 4.14. The summed E-state index contributed by atoms with van der Waals surface area (Å²) in [6.45, 7) is 1.17. The van der Waals surface area contributed by atoms with Crippen LogP contribution < -0.4 is 5.56 Å². The summed E-state index contributed by atoms with van der Waals surface area (Å²) in [5.41, 5.74) is 1.92. The molecule has 5 nitrogen and oxygen atoms in total. The molecule has 3 heterocycles. The lowest BCUT2D eigenvalue weighted by atomic mass is 10.0. The SMILES string of the molecule is O=C(c1cccc2ccccc12)N1CCc2c(sc3ncn(C4CC4)c(=O)c23)C1. The zero-order chi connectivity index (χ0) is 19.5. The van der Waals surface area contributed by atoms with Crippen LogP contribution in [0, 0.1) is 0 Å². The van der Waals surface area contributed by atoms with Crippen LogP contribution in [0.25, 0.3) is 21.0 Å². The van der Waals surface area contributed by atoms with Gasteiger partial charge in [0.1, 0.15) is 4.83 Å². The van der Waals surface area contributed by atoms with E-state index in [-0.39, 0.29) is 11.5 Å².